The Bertz CT molecular complexity index is 273. The van der Waals surface area contributed by atoms with Crippen LogP contribution in [0.25, 0.3) is 0 Å². The zero-order valence-corrected chi connectivity index (χ0v) is 8.32. The van der Waals surface area contributed by atoms with Crippen LogP contribution in [0.5, 0.6) is 0 Å². The molecule has 1 aromatic carbocycles. The lowest BCUT2D eigenvalue weighted by Gasteiger charge is -2.30. The lowest BCUT2D eigenvalue weighted by molar-refractivity contribution is 0.0399. The van der Waals surface area contributed by atoms with Gasteiger partial charge in [0.15, 0.2) is 6.30 Å². The summed E-state index contributed by atoms with van der Waals surface area (Å²) in [5.74, 6) is 0. The Labute approximate surface area is 84.5 Å². The van der Waals surface area contributed by atoms with Crippen LogP contribution < -0.4 is 0 Å². The molecule has 0 amide bonds. The zero-order valence-electron chi connectivity index (χ0n) is 8.32. The normalized spacial score (nSPS) is 23.6. The second kappa shape index (κ2) is 4.56. The Kier molecular flexibility index (Phi) is 3.14. The van der Waals surface area contributed by atoms with Crippen LogP contribution in [0.3, 0.4) is 0 Å². The van der Waals surface area contributed by atoms with Crippen molar-refractivity contribution in [3.63, 3.8) is 0 Å². The Morgan fingerprint density at radius 2 is 2.00 bits per heavy atom. The van der Waals surface area contributed by atoms with E-state index in [2.05, 4.69) is 12.1 Å². The second-order valence-electron chi connectivity index (χ2n) is 3.89. The number of hydrogen-bond acceptors (Lipinski definition) is 1. The van der Waals surface area contributed by atoms with E-state index in [1.54, 1.807) is 0 Å². The van der Waals surface area contributed by atoms with E-state index >= 15 is 0 Å². The molecule has 0 unspecified atom stereocenters. The molecular weight excluding hydrogens is 177 g/mol. The third-order valence-electron chi connectivity index (χ3n) is 2.76. The van der Waals surface area contributed by atoms with Gasteiger partial charge >= 0.3 is 0 Å². The molecule has 0 aliphatic carbocycles. The third-order valence-corrected chi connectivity index (χ3v) is 2.76. The summed E-state index contributed by atoms with van der Waals surface area (Å²) >= 11 is 0. The second-order valence-corrected chi connectivity index (χ2v) is 3.89. The van der Waals surface area contributed by atoms with E-state index in [9.17, 15) is 4.39 Å². The first-order valence-electron chi connectivity index (χ1n) is 5.28. The predicted molar refractivity (Wildman–Crippen MR) is 55.6 cm³/mol. The van der Waals surface area contributed by atoms with E-state index in [1.807, 2.05) is 23.1 Å². The molecule has 0 bridgehead atoms. The van der Waals surface area contributed by atoms with E-state index in [0.29, 0.717) is 6.42 Å². The smallest absolute Gasteiger partial charge is 0.153 e. The van der Waals surface area contributed by atoms with Crippen LogP contribution in [0, 0.1) is 0 Å². The largest absolute Gasteiger partial charge is 0.270 e. The molecule has 0 spiro atoms. The lowest BCUT2D eigenvalue weighted by atomic mass is 10.1. The van der Waals surface area contributed by atoms with Gasteiger partial charge in [-0.1, -0.05) is 30.3 Å². The molecule has 1 atom stereocenters. The third kappa shape index (κ3) is 2.32. The van der Waals surface area contributed by atoms with Crippen LogP contribution in [-0.4, -0.2) is 17.7 Å². The number of benzene rings is 1. The molecule has 0 aromatic heterocycles. The zero-order chi connectivity index (χ0) is 9.80. The maximum absolute atomic E-state index is 13.5. The molecule has 1 fully saturated rings. The van der Waals surface area contributed by atoms with Gasteiger partial charge < -0.3 is 0 Å². The molecule has 0 saturated carbocycles. The Morgan fingerprint density at radius 3 is 2.71 bits per heavy atom. The van der Waals surface area contributed by atoms with Gasteiger partial charge in [-0.15, -0.1) is 0 Å². The van der Waals surface area contributed by atoms with E-state index < -0.39 is 6.30 Å². The van der Waals surface area contributed by atoms with E-state index in [0.717, 1.165) is 25.9 Å². The van der Waals surface area contributed by atoms with Crippen molar-refractivity contribution in [3.8, 4) is 0 Å². The number of piperidine rings is 1. The molecular formula is C12H16FN. The summed E-state index contributed by atoms with van der Waals surface area (Å²) in [6.07, 6.45) is 2.14. The summed E-state index contributed by atoms with van der Waals surface area (Å²) in [4.78, 5) is 1.93. The molecule has 1 nitrogen and oxygen atoms in total. The van der Waals surface area contributed by atoms with Gasteiger partial charge in [-0.2, -0.15) is 0 Å². The van der Waals surface area contributed by atoms with Gasteiger partial charge in [0.1, 0.15) is 0 Å². The van der Waals surface area contributed by atoms with E-state index in [-0.39, 0.29) is 0 Å². The number of hydrogen-bond donors (Lipinski definition) is 0. The summed E-state index contributed by atoms with van der Waals surface area (Å²) in [6, 6.07) is 10.1. The van der Waals surface area contributed by atoms with Gasteiger partial charge in [-0.3, -0.25) is 4.90 Å². The van der Waals surface area contributed by atoms with Crippen LogP contribution in [0.2, 0.25) is 0 Å². The molecule has 76 valence electrons. The number of halogens is 1. The first-order chi connectivity index (χ1) is 6.86. The molecule has 0 N–H and O–H groups in total. The van der Waals surface area contributed by atoms with Gasteiger partial charge in [-0.25, -0.2) is 4.39 Å². The van der Waals surface area contributed by atoms with Crippen molar-refractivity contribution in [2.24, 2.45) is 0 Å². The highest BCUT2D eigenvalue weighted by Crippen LogP contribution is 2.19. The standard InChI is InChI=1S/C12H16FN/c13-12-8-4-5-9-14(12)10-11-6-2-1-3-7-11/h1-3,6-7,12H,4-5,8-10H2/t12-/m0/s1. The first-order valence-corrected chi connectivity index (χ1v) is 5.28. The summed E-state index contributed by atoms with van der Waals surface area (Å²) in [5, 5.41) is 0. The highest BCUT2D eigenvalue weighted by Gasteiger charge is 2.20. The monoisotopic (exact) mass is 193 g/mol. The first kappa shape index (κ1) is 9.66. The molecule has 1 aromatic rings. The number of likely N-dealkylation sites (tertiary alicyclic amines) is 1. The van der Waals surface area contributed by atoms with Crippen molar-refractivity contribution < 1.29 is 4.39 Å². The van der Waals surface area contributed by atoms with Crippen LogP contribution in [0.15, 0.2) is 30.3 Å². The molecule has 1 heterocycles. The number of nitrogens with zero attached hydrogens (tertiary/aromatic N) is 1. The van der Waals surface area contributed by atoms with Crippen molar-refractivity contribution in [1.82, 2.24) is 4.90 Å². The van der Waals surface area contributed by atoms with Crippen molar-refractivity contribution in [2.45, 2.75) is 32.1 Å². The van der Waals surface area contributed by atoms with Crippen molar-refractivity contribution >= 4 is 0 Å². The minimum absolute atomic E-state index is 0.701. The van der Waals surface area contributed by atoms with Crippen LogP contribution in [0.1, 0.15) is 24.8 Å². The molecule has 1 saturated heterocycles. The minimum atomic E-state index is -0.732. The fourth-order valence-electron chi connectivity index (χ4n) is 1.95. The van der Waals surface area contributed by atoms with Gasteiger partial charge in [-0.05, 0) is 24.8 Å². The van der Waals surface area contributed by atoms with Crippen molar-refractivity contribution in [1.29, 1.82) is 0 Å². The minimum Gasteiger partial charge on any atom is -0.270 e. The molecule has 14 heavy (non-hydrogen) atoms. The summed E-state index contributed by atoms with van der Waals surface area (Å²) in [5.41, 5.74) is 1.21. The fraction of sp³-hybridized carbons (Fsp3) is 0.500. The molecule has 1 aliphatic heterocycles. The van der Waals surface area contributed by atoms with Gasteiger partial charge in [0, 0.05) is 13.1 Å². The summed E-state index contributed by atoms with van der Waals surface area (Å²) in [7, 11) is 0. The van der Waals surface area contributed by atoms with Crippen LogP contribution in [-0.2, 0) is 6.54 Å². The van der Waals surface area contributed by atoms with Gasteiger partial charge in [0.25, 0.3) is 0 Å². The van der Waals surface area contributed by atoms with Gasteiger partial charge in [0.2, 0.25) is 0 Å². The Hall–Kier alpha value is -0.890. The maximum atomic E-state index is 13.5. The maximum Gasteiger partial charge on any atom is 0.153 e. The highest BCUT2D eigenvalue weighted by atomic mass is 19.1. The SMILES string of the molecule is F[C@@H]1CCCCN1Cc1ccccc1. The Balaban J connectivity index is 1.96. The Morgan fingerprint density at radius 1 is 1.21 bits per heavy atom. The molecule has 0 radical (unpaired) electrons. The van der Waals surface area contributed by atoms with Crippen molar-refractivity contribution in [2.75, 3.05) is 6.54 Å². The lowest BCUT2D eigenvalue weighted by Crippen LogP contribution is -2.35. The summed E-state index contributed by atoms with van der Waals surface area (Å²) < 4.78 is 13.5. The average molecular weight is 193 g/mol. The molecule has 2 heteroatoms. The molecule has 2 rings (SSSR count). The predicted octanol–water partition coefficient (Wildman–Crippen LogP) is 2.97. The summed E-state index contributed by atoms with van der Waals surface area (Å²) in [6.45, 7) is 1.65. The van der Waals surface area contributed by atoms with Gasteiger partial charge in [0.05, 0.1) is 0 Å². The molecule has 1 aliphatic rings. The van der Waals surface area contributed by atoms with Crippen LogP contribution >= 0.6 is 0 Å². The number of alkyl halides is 1. The topological polar surface area (TPSA) is 3.24 Å². The number of rotatable bonds is 2. The van der Waals surface area contributed by atoms with E-state index in [1.165, 1.54) is 5.56 Å². The van der Waals surface area contributed by atoms with Crippen molar-refractivity contribution in [3.05, 3.63) is 35.9 Å². The quantitative estimate of drug-likeness (QED) is 0.653. The fourth-order valence-corrected chi connectivity index (χ4v) is 1.95. The van der Waals surface area contributed by atoms with E-state index in [4.69, 9.17) is 0 Å². The van der Waals surface area contributed by atoms with Crippen LogP contribution in [0.4, 0.5) is 4.39 Å². The highest BCUT2D eigenvalue weighted by molar-refractivity contribution is 5.14. The average Bonchev–Trinajstić information content (AvgIpc) is 2.23.